The monoisotopic (exact) mass is 1100 g/mol. The lowest BCUT2D eigenvalue weighted by Crippen LogP contribution is -2.74. The number of hydrogen-bond acceptors (Lipinski definition) is 15. The molecule has 20 atom stereocenters. The number of Topliss-reactive ketones (excluding diaryl/α,β-unsaturated/α-hetero) is 1. The van der Waals surface area contributed by atoms with Crippen LogP contribution in [-0.4, -0.2) is 143 Å². The minimum Gasteiger partial charge on any atom is -0.396 e. The second-order valence-corrected chi connectivity index (χ2v) is 28.3. The van der Waals surface area contributed by atoms with Crippen molar-refractivity contribution in [3.8, 4) is 0 Å². The van der Waals surface area contributed by atoms with Crippen molar-refractivity contribution in [3.63, 3.8) is 0 Å². The maximum Gasteiger partial charge on any atom is 0.182 e. The van der Waals surface area contributed by atoms with Crippen molar-refractivity contribution in [3.05, 3.63) is 46.8 Å². The number of rotatable bonds is 16. The van der Waals surface area contributed by atoms with Crippen LogP contribution in [0.1, 0.15) is 188 Å². The molecular weight excluding hydrogens is 1000 g/mol. The van der Waals surface area contributed by atoms with Gasteiger partial charge in [0.05, 0.1) is 71.4 Å². The Balaban J connectivity index is 1.08. The van der Waals surface area contributed by atoms with Crippen LogP contribution in [0, 0.1) is 64.1 Å². The Morgan fingerprint density at radius 3 is 2.37 bits per heavy atom. The fraction of sp³-hybridized carbons (Fsp3) is 0.859. The van der Waals surface area contributed by atoms with Crippen molar-refractivity contribution in [2.45, 2.75) is 259 Å². The number of fused-ring (bicyclic) bond motifs is 5. The van der Waals surface area contributed by atoms with Gasteiger partial charge in [-0.2, -0.15) is 0 Å². The van der Waals surface area contributed by atoms with E-state index in [1.165, 1.54) is 12.8 Å². The van der Waals surface area contributed by atoms with E-state index in [1.807, 2.05) is 24.3 Å². The van der Waals surface area contributed by atoms with Gasteiger partial charge < -0.3 is 71.8 Å². The number of aliphatic hydroxyl groups excluding tert-OH is 5. The van der Waals surface area contributed by atoms with Crippen molar-refractivity contribution < 1.29 is 60.2 Å². The summed E-state index contributed by atoms with van der Waals surface area (Å²) < 4.78 is 13.6. The number of hydrogen-bond donors (Lipinski definition) is 12. The molecule has 0 aromatic heterocycles. The van der Waals surface area contributed by atoms with Crippen LogP contribution >= 0.6 is 0 Å². The van der Waals surface area contributed by atoms with Gasteiger partial charge in [0.2, 0.25) is 0 Å². The van der Waals surface area contributed by atoms with Gasteiger partial charge in [-0.1, -0.05) is 70.1 Å². The van der Waals surface area contributed by atoms with Gasteiger partial charge in [0.15, 0.2) is 5.78 Å². The molecule has 7 saturated carbocycles. The summed E-state index contributed by atoms with van der Waals surface area (Å²) in [6.07, 6.45) is 19.7. The number of ether oxygens (including phenoxy) is 2. The highest BCUT2D eigenvalue weighted by Gasteiger charge is 2.80. The molecule has 11 rings (SSSR count). The summed E-state index contributed by atoms with van der Waals surface area (Å²) >= 11 is 0. The van der Waals surface area contributed by atoms with Crippen LogP contribution in [0.25, 0.3) is 0 Å². The first-order valence-corrected chi connectivity index (χ1v) is 31.9. The molecule has 0 aromatic rings. The van der Waals surface area contributed by atoms with E-state index in [1.54, 1.807) is 13.8 Å². The Morgan fingerprint density at radius 2 is 1.63 bits per heavy atom. The Hall–Kier alpha value is -2.25. The summed E-state index contributed by atoms with van der Waals surface area (Å²) in [6.45, 7) is 6.25. The molecule has 15 heteroatoms. The van der Waals surface area contributed by atoms with E-state index in [2.05, 4.69) is 17.6 Å². The lowest BCUT2D eigenvalue weighted by molar-refractivity contribution is -0.276. The van der Waals surface area contributed by atoms with Gasteiger partial charge in [-0.15, -0.1) is 0 Å². The average molecular weight is 1100 g/mol. The van der Waals surface area contributed by atoms with Crippen LogP contribution in [-0.2, 0) is 14.3 Å². The Morgan fingerprint density at radius 1 is 0.899 bits per heavy atom. The number of nitrogens with one attached hydrogen (secondary N) is 2. The van der Waals surface area contributed by atoms with E-state index < -0.39 is 99.5 Å². The van der Waals surface area contributed by atoms with Crippen molar-refractivity contribution in [2.75, 3.05) is 19.8 Å². The Labute approximate surface area is 470 Å². The van der Waals surface area contributed by atoms with Crippen molar-refractivity contribution >= 4 is 5.78 Å². The molecule has 11 aliphatic rings. The fourth-order valence-electron chi connectivity index (χ4n) is 20.5. The third kappa shape index (κ3) is 9.83. The number of nitrogens with two attached hydrogens (primary N) is 1. The molecule has 79 heavy (non-hydrogen) atoms. The molecule has 0 bridgehead atoms. The first kappa shape index (κ1) is 58.5. The lowest BCUT2D eigenvalue weighted by atomic mass is 9.37. The molecular formula is C64H101N3O12. The number of aliphatic hydroxyl groups is 9. The zero-order valence-corrected chi connectivity index (χ0v) is 48.0. The summed E-state index contributed by atoms with van der Waals surface area (Å²) in [5.74, 6) is -3.20. The smallest absolute Gasteiger partial charge is 0.182 e. The van der Waals surface area contributed by atoms with Gasteiger partial charge in [0, 0.05) is 54.5 Å². The summed E-state index contributed by atoms with van der Waals surface area (Å²) in [7, 11) is 0. The summed E-state index contributed by atoms with van der Waals surface area (Å²) in [6, 6.07) is 0. The molecule has 0 amide bonds. The van der Waals surface area contributed by atoms with Gasteiger partial charge in [-0.25, -0.2) is 0 Å². The zero-order valence-electron chi connectivity index (χ0n) is 48.0. The maximum atomic E-state index is 16.1. The van der Waals surface area contributed by atoms with E-state index in [9.17, 15) is 46.0 Å². The Bertz CT molecular complexity index is 2330. The van der Waals surface area contributed by atoms with Crippen LogP contribution in [0.4, 0.5) is 0 Å². The zero-order chi connectivity index (χ0) is 55.9. The lowest BCUT2D eigenvalue weighted by Gasteiger charge is -2.69. The summed E-state index contributed by atoms with van der Waals surface area (Å²) in [4.78, 5) is 16.1. The summed E-state index contributed by atoms with van der Waals surface area (Å²) in [5.41, 5.74) is -1.36. The highest BCUT2D eigenvalue weighted by molar-refractivity contribution is 6.00. The Kier molecular flexibility index (Phi) is 16.8. The van der Waals surface area contributed by atoms with Gasteiger partial charge >= 0.3 is 0 Å². The van der Waals surface area contributed by atoms with Gasteiger partial charge in [0.1, 0.15) is 5.60 Å². The van der Waals surface area contributed by atoms with Gasteiger partial charge in [0.25, 0.3) is 0 Å². The molecule has 2 heterocycles. The molecule has 9 aliphatic carbocycles. The molecule has 0 aromatic carbocycles. The molecule has 1 unspecified atom stereocenters. The number of carbonyl (C=O) groups is 1. The summed E-state index contributed by atoms with van der Waals surface area (Å²) in [5, 5.41) is 122. The molecule has 0 radical (unpaired) electrons. The first-order chi connectivity index (χ1) is 37.7. The SMILES string of the molecule is CCC[C@H]1CC[C@H]2[C@@H]3[C@H](O)CCC[C@](O)([C@](C)(O)[C@H]4CC[C@@]5(O)C6=C(NC[C@H](C)O)C(=O)[C@@H]7C[C@@H](O)[C@@H](O)C[C@@]78C[C@H](C7=C(CCCO)NC(N)C=C7)C=C[C@@](O)(C[C@]45C4CCC(CCOC5CCCC5)CC4)[C@@H]68)[C@@H]3O[C@@H]2CC1. The van der Waals surface area contributed by atoms with Gasteiger partial charge in [-0.05, 0) is 188 Å². The molecule has 8 fully saturated rings. The van der Waals surface area contributed by atoms with E-state index >= 15 is 4.79 Å². The van der Waals surface area contributed by atoms with E-state index in [0.29, 0.717) is 68.6 Å². The highest BCUT2D eigenvalue weighted by Crippen LogP contribution is 2.77. The second kappa shape index (κ2) is 22.6. The maximum absolute atomic E-state index is 16.1. The topological polar surface area (TPSA) is 268 Å². The quantitative estimate of drug-likeness (QED) is 0.0790. The first-order valence-electron chi connectivity index (χ1n) is 31.9. The van der Waals surface area contributed by atoms with Crippen LogP contribution in [0.5, 0.6) is 0 Å². The molecule has 15 nitrogen and oxygen atoms in total. The normalized spacial score (nSPS) is 47.2. The highest BCUT2D eigenvalue weighted by atomic mass is 16.5. The van der Waals surface area contributed by atoms with Gasteiger partial charge in [-0.3, -0.25) is 4.79 Å². The molecule has 1 spiro atoms. The predicted molar refractivity (Wildman–Crippen MR) is 299 cm³/mol. The van der Waals surface area contributed by atoms with Crippen LogP contribution in [0.15, 0.2) is 46.8 Å². The largest absolute Gasteiger partial charge is 0.396 e. The van der Waals surface area contributed by atoms with Crippen LogP contribution in [0.3, 0.4) is 0 Å². The third-order valence-electron chi connectivity index (χ3n) is 23.9. The number of carbonyl (C=O) groups excluding carboxylic acids is 1. The number of allylic oxidation sites excluding steroid dienone is 5. The van der Waals surface area contributed by atoms with E-state index in [-0.39, 0.29) is 87.5 Å². The minimum atomic E-state index is -1.95. The minimum absolute atomic E-state index is 0.00702. The predicted octanol–water partition coefficient (Wildman–Crippen LogP) is 6.01. The molecule has 444 valence electrons. The molecule has 2 aliphatic heterocycles. The van der Waals surface area contributed by atoms with Crippen LogP contribution in [0.2, 0.25) is 0 Å². The van der Waals surface area contributed by atoms with Crippen LogP contribution < -0.4 is 16.4 Å². The third-order valence-corrected chi connectivity index (χ3v) is 23.9. The van der Waals surface area contributed by atoms with Crippen molar-refractivity contribution in [2.24, 2.45) is 69.8 Å². The number of dihydropyridines is 1. The number of ketones is 1. The molecule has 1 saturated heterocycles. The van der Waals surface area contributed by atoms with Crippen molar-refractivity contribution in [1.82, 2.24) is 10.6 Å². The fourth-order valence-corrected chi connectivity index (χ4v) is 20.5. The molecule has 13 N–H and O–H groups in total. The average Bonchev–Trinajstić information content (AvgIpc) is 2.23. The standard InChI is InChI=1S/C64H101N3O12/c1-4-9-38-16-20-44-50(22-17-38)79-58-53(44)47(70)13-7-27-64(58,77)59(3,74)51-25-29-63(76)54-55(66-35-37(2)69)56(73)45-32-48(71)49(72)34-60(45)33-40(43-21-23-52(65)67-46(43)12-8-30-68)24-28-61(75,57(54)60)36-62(51,63)41-18-14-39(15-19-41)26-31-78-42-10-5-6-11-42/h21,23-24,28,37-42,44-45,47-53,57-58,66-72,74-77H,4-20,22,25-27,29-36,65H2,1-3H3/t37-,38-,39?,40+,41?,44+,45-,47+,48+,49-,50+,51+,52?,53+,57-,58+,59+,60-,61+,62-,63+,64+/m0/s1. The second-order valence-electron chi connectivity index (χ2n) is 28.3. The van der Waals surface area contributed by atoms with Crippen molar-refractivity contribution in [1.29, 1.82) is 0 Å². The van der Waals surface area contributed by atoms with E-state index in [0.717, 1.165) is 81.9 Å². The van der Waals surface area contributed by atoms with E-state index in [4.69, 9.17) is 15.2 Å².